The van der Waals surface area contributed by atoms with Crippen LogP contribution < -0.4 is 10.1 Å². The lowest BCUT2D eigenvalue weighted by Gasteiger charge is -2.31. The van der Waals surface area contributed by atoms with E-state index in [9.17, 15) is 4.39 Å². The fraction of sp³-hybridized carbons (Fsp3) is 0.556. The van der Waals surface area contributed by atoms with E-state index in [-0.39, 0.29) is 24.5 Å². The van der Waals surface area contributed by atoms with Gasteiger partial charge in [0.15, 0.2) is 24.1 Å². The highest BCUT2D eigenvalue weighted by Crippen LogP contribution is 2.31. The molecule has 1 aromatic carbocycles. The summed E-state index contributed by atoms with van der Waals surface area (Å²) in [5, 5.41) is 3.56. The predicted octanol–water partition coefficient (Wildman–Crippen LogP) is 3.22. The number of benzene rings is 1. The van der Waals surface area contributed by atoms with Crippen LogP contribution in [0.15, 0.2) is 24.3 Å². The van der Waals surface area contributed by atoms with Crippen molar-refractivity contribution >= 4 is 6.08 Å². The summed E-state index contributed by atoms with van der Waals surface area (Å²) < 4.78 is 30.8. The molecule has 0 unspecified atom stereocenters. The molecule has 4 nitrogen and oxygen atoms in total. The van der Waals surface area contributed by atoms with Gasteiger partial charge in [-0.25, -0.2) is 4.39 Å². The van der Waals surface area contributed by atoms with Crippen LogP contribution in [0.3, 0.4) is 0 Å². The third-order valence-corrected chi connectivity index (χ3v) is 4.78. The van der Waals surface area contributed by atoms with Gasteiger partial charge in [0.2, 0.25) is 0 Å². The molecule has 3 atom stereocenters. The summed E-state index contributed by atoms with van der Waals surface area (Å²) >= 11 is 0. The Kier molecular flexibility index (Phi) is 4.09. The van der Waals surface area contributed by atoms with Crippen molar-refractivity contribution in [2.45, 2.75) is 63.4 Å². The highest BCUT2D eigenvalue weighted by Gasteiger charge is 2.34. The first-order chi connectivity index (χ1) is 11.2. The molecule has 4 rings (SSSR count). The molecule has 5 heteroatoms. The molecule has 3 fully saturated rings. The summed E-state index contributed by atoms with van der Waals surface area (Å²) in [5.74, 6) is 0.0278. The zero-order valence-electron chi connectivity index (χ0n) is 13.2. The summed E-state index contributed by atoms with van der Waals surface area (Å²) in [6.07, 6.45) is 7.56. The van der Waals surface area contributed by atoms with Gasteiger partial charge in [0.05, 0.1) is 0 Å². The van der Waals surface area contributed by atoms with Crippen LogP contribution in [-0.2, 0) is 9.47 Å². The van der Waals surface area contributed by atoms with Gasteiger partial charge in [-0.2, -0.15) is 0 Å². The minimum absolute atomic E-state index is 0.114. The van der Waals surface area contributed by atoms with Gasteiger partial charge in [0.1, 0.15) is 6.10 Å². The molecule has 0 saturated carbocycles. The normalized spacial score (nSPS) is 36.2. The molecule has 3 heterocycles. The number of fused-ring (bicyclic) bond motifs is 2. The first-order valence-electron chi connectivity index (χ1n) is 8.37. The number of nitrogens with one attached hydrogen (secondary N) is 1. The van der Waals surface area contributed by atoms with Gasteiger partial charge in [0.25, 0.3) is 0 Å². The molecule has 124 valence electrons. The lowest BCUT2D eigenvalue weighted by molar-refractivity contribution is -0.354. The van der Waals surface area contributed by atoms with Crippen molar-refractivity contribution in [1.82, 2.24) is 5.32 Å². The molecule has 1 aromatic rings. The summed E-state index contributed by atoms with van der Waals surface area (Å²) in [5.41, 5.74) is 0.770. The number of ether oxygens (including phenoxy) is 3. The lowest BCUT2D eigenvalue weighted by Crippen LogP contribution is -2.42. The Labute approximate surface area is 135 Å². The quantitative estimate of drug-likeness (QED) is 0.925. The van der Waals surface area contributed by atoms with Crippen LogP contribution in [0.2, 0.25) is 0 Å². The molecular formula is C18H22FNO3. The highest BCUT2D eigenvalue weighted by atomic mass is 19.1. The fourth-order valence-corrected chi connectivity index (χ4v) is 3.67. The van der Waals surface area contributed by atoms with E-state index in [4.69, 9.17) is 14.2 Å². The highest BCUT2D eigenvalue weighted by molar-refractivity contribution is 5.51. The molecule has 0 radical (unpaired) electrons. The molecule has 0 amide bonds. The maximum atomic E-state index is 14.3. The monoisotopic (exact) mass is 319 g/mol. The third kappa shape index (κ3) is 3.42. The third-order valence-electron chi connectivity index (χ3n) is 4.78. The molecule has 0 aromatic heterocycles. The maximum absolute atomic E-state index is 14.3. The van der Waals surface area contributed by atoms with Crippen molar-refractivity contribution < 1.29 is 18.6 Å². The lowest BCUT2D eigenvalue weighted by atomic mass is 10.0. The topological polar surface area (TPSA) is 39.7 Å². The molecular weight excluding hydrogens is 297 g/mol. The first-order valence-corrected chi connectivity index (χ1v) is 8.37. The van der Waals surface area contributed by atoms with Crippen molar-refractivity contribution in [2.24, 2.45) is 0 Å². The van der Waals surface area contributed by atoms with E-state index in [0.717, 1.165) is 18.4 Å². The molecule has 0 spiro atoms. The number of halogens is 1. The number of hydrogen-bond acceptors (Lipinski definition) is 4. The fourth-order valence-electron chi connectivity index (χ4n) is 3.67. The molecule has 3 aliphatic heterocycles. The zero-order chi connectivity index (χ0) is 15.8. The molecule has 3 aliphatic rings. The summed E-state index contributed by atoms with van der Waals surface area (Å²) in [6, 6.07) is 6.13. The van der Waals surface area contributed by atoms with Gasteiger partial charge in [-0.15, -0.1) is 0 Å². The van der Waals surface area contributed by atoms with Crippen molar-refractivity contribution in [3.63, 3.8) is 0 Å². The molecule has 2 bridgehead atoms. The summed E-state index contributed by atoms with van der Waals surface area (Å²) in [4.78, 5) is 0. The molecule has 23 heavy (non-hydrogen) atoms. The Morgan fingerprint density at radius 3 is 2.61 bits per heavy atom. The van der Waals surface area contributed by atoms with Crippen molar-refractivity contribution in [2.75, 3.05) is 0 Å². The Morgan fingerprint density at radius 1 is 1.22 bits per heavy atom. The van der Waals surface area contributed by atoms with Crippen LogP contribution >= 0.6 is 0 Å². The van der Waals surface area contributed by atoms with E-state index < -0.39 is 0 Å². The van der Waals surface area contributed by atoms with Crippen molar-refractivity contribution in [3.8, 4) is 5.75 Å². The van der Waals surface area contributed by atoms with Crippen LogP contribution in [-0.4, -0.2) is 30.8 Å². The minimum atomic E-state index is -0.325. The van der Waals surface area contributed by atoms with Gasteiger partial charge in [-0.1, -0.05) is 12.1 Å². The maximum Gasteiger partial charge on any atom is 0.183 e. The number of hydrogen-bond donors (Lipinski definition) is 1. The van der Waals surface area contributed by atoms with E-state index >= 15 is 0 Å². The van der Waals surface area contributed by atoms with E-state index in [2.05, 4.69) is 5.32 Å². The van der Waals surface area contributed by atoms with Crippen LogP contribution in [0.4, 0.5) is 4.39 Å². The van der Waals surface area contributed by atoms with Crippen LogP contribution in [0, 0.1) is 5.82 Å². The van der Waals surface area contributed by atoms with Crippen LogP contribution in [0.25, 0.3) is 6.08 Å². The van der Waals surface area contributed by atoms with E-state index in [1.54, 1.807) is 18.2 Å². The minimum Gasteiger partial charge on any atom is -0.487 e. The number of piperidine rings is 1. The summed E-state index contributed by atoms with van der Waals surface area (Å²) in [7, 11) is 0. The molecule has 1 N–H and O–H groups in total. The molecule has 3 saturated heterocycles. The second kappa shape index (κ2) is 6.23. The second-order valence-corrected chi connectivity index (χ2v) is 6.61. The van der Waals surface area contributed by atoms with Gasteiger partial charge < -0.3 is 19.5 Å². The van der Waals surface area contributed by atoms with Crippen molar-refractivity contribution in [1.29, 1.82) is 0 Å². The predicted molar refractivity (Wildman–Crippen MR) is 84.4 cm³/mol. The Bertz CT molecular complexity index is 588. The van der Waals surface area contributed by atoms with Gasteiger partial charge in [0, 0.05) is 12.1 Å². The van der Waals surface area contributed by atoms with E-state index in [0.29, 0.717) is 17.8 Å². The van der Waals surface area contributed by atoms with E-state index in [1.807, 2.05) is 13.0 Å². The first kappa shape index (κ1) is 15.1. The Balaban J connectivity index is 1.38. The number of rotatable bonds is 4. The van der Waals surface area contributed by atoms with Gasteiger partial charge in [-0.05, 0) is 56.4 Å². The van der Waals surface area contributed by atoms with Gasteiger partial charge >= 0.3 is 0 Å². The van der Waals surface area contributed by atoms with Crippen LogP contribution in [0.5, 0.6) is 5.75 Å². The zero-order valence-corrected chi connectivity index (χ0v) is 13.2. The van der Waals surface area contributed by atoms with Crippen LogP contribution in [0.1, 0.15) is 38.2 Å². The second-order valence-electron chi connectivity index (χ2n) is 6.61. The molecule has 0 aliphatic carbocycles. The smallest absolute Gasteiger partial charge is 0.183 e. The average Bonchev–Trinajstić information content (AvgIpc) is 2.84. The van der Waals surface area contributed by atoms with Gasteiger partial charge in [-0.3, -0.25) is 0 Å². The average molecular weight is 319 g/mol. The Morgan fingerprint density at radius 2 is 1.96 bits per heavy atom. The Hall–Kier alpha value is -1.43. The van der Waals surface area contributed by atoms with Crippen molar-refractivity contribution in [3.05, 3.63) is 35.7 Å². The van der Waals surface area contributed by atoms with E-state index in [1.165, 1.54) is 18.9 Å². The largest absolute Gasteiger partial charge is 0.487 e. The summed E-state index contributed by atoms with van der Waals surface area (Å²) in [6.45, 7) is 1.84. The standard InChI is InChI=1S/C18H22FNO3/c1-11-21-18(22-11)7-3-12-2-6-17(16(19)8-12)23-15-9-13-4-5-14(10-15)20-13/h2-3,6-8,11,13-15,18,20H,4-5,9-10H2,1H3/b7-3+/t11?,13-,14+,15+,18?. The SMILES string of the molecule is CC1OC(/C=C/c2ccc(O[C@H]3C[C@H]4CC[C@@H](C3)N4)c(F)c2)O1.